The molecular formula is C18H26O2. The van der Waals surface area contributed by atoms with E-state index in [4.69, 9.17) is 4.74 Å². The van der Waals surface area contributed by atoms with Crippen LogP contribution in [0.4, 0.5) is 0 Å². The number of hydrogen-bond donors (Lipinski definition) is 0. The van der Waals surface area contributed by atoms with Crippen molar-refractivity contribution < 1.29 is 9.53 Å². The minimum atomic E-state index is -0.0117. The van der Waals surface area contributed by atoms with Crippen LogP contribution < -0.4 is 0 Å². The lowest BCUT2D eigenvalue weighted by molar-refractivity contribution is 0.0491. The third kappa shape index (κ3) is 2.67. The second kappa shape index (κ2) is 6.09. The van der Waals surface area contributed by atoms with E-state index in [9.17, 15) is 4.79 Å². The van der Waals surface area contributed by atoms with Crippen molar-refractivity contribution in [1.29, 1.82) is 0 Å². The minimum absolute atomic E-state index is 0.0117. The van der Waals surface area contributed by atoms with Gasteiger partial charge in [0.25, 0.3) is 0 Å². The molecule has 0 amide bonds. The maximum absolute atomic E-state index is 13.0. The highest BCUT2D eigenvalue weighted by molar-refractivity contribution is 6.00. The zero-order chi connectivity index (χ0) is 14.9. The van der Waals surface area contributed by atoms with Crippen molar-refractivity contribution in [2.45, 2.75) is 59.7 Å². The number of rotatable bonds is 4. The molecule has 1 saturated heterocycles. The molecule has 1 aliphatic heterocycles. The van der Waals surface area contributed by atoms with E-state index in [1.807, 2.05) is 6.92 Å². The summed E-state index contributed by atoms with van der Waals surface area (Å²) in [4.78, 5) is 13.0. The Morgan fingerprint density at radius 1 is 1.10 bits per heavy atom. The number of Topliss-reactive ketones (excluding diaryl/α,β-unsaturated/α-hetero) is 1. The maximum atomic E-state index is 13.0. The number of aryl methyl sites for hydroxylation is 2. The molecule has 2 nitrogen and oxygen atoms in total. The monoisotopic (exact) mass is 274 g/mol. The van der Waals surface area contributed by atoms with Crippen molar-refractivity contribution in [2.24, 2.45) is 11.8 Å². The summed E-state index contributed by atoms with van der Waals surface area (Å²) in [5.74, 6) is 0.538. The van der Waals surface area contributed by atoms with Gasteiger partial charge < -0.3 is 4.74 Å². The SMILES string of the molecule is CCc1ccc(CC)c(C(=O)C2C(C)OC(C)C2C)c1. The van der Waals surface area contributed by atoms with Crippen LogP contribution in [0, 0.1) is 11.8 Å². The van der Waals surface area contributed by atoms with Gasteiger partial charge in [-0.3, -0.25) is 4.79 Å². The van der Waals surface area contributed by atoms with Gasteiger partial charge in [0, 0.05) is 5.56 Å². The van der Waals surface area contributed by atoms with Gasteiger partial charge >= 0.3 is 0 Å². The van der Waals surface area contributed by atoms with Gasteiger partial charge in [0.2, 0.25) is 0 Å². The molecule has 0 spiro atoms. The van der Waals surface area contributed by atoms with Crippen molar-refractivity contribution in [2.75, 3.05) is 0 Å². The number of carbonyl (C=O) groups excluding carboxylic acids is 1. The lowest BCUT2D eigenvalue weighted by Gasteiger charge is -2.19. The minimum Gasteiger partial charge on any atom is -0.374 e. The summed E-state index contributed by atoms with van der Waals surface area (Å²) >= 11 is 0. The van der Waals surface area contributed by atoms with Crippen LogP contribution in [0.25, 0.3) is 0 Å². The third-order valence-electron chi connectivity index (χ3n) is 4.77. The summed E-state index contributed by atoms with van der Waals surface area (Å²) in [5.41, 5.74) is 3.30. The Bertz CT molecular complexity index is 492. The number of ketones is 1. The van der Waals surface area contributed by atoms with E-state index in [1.54, 1.807) is 0 Å². The first-order valence-corrected chi connectivity index (χ1v) is 7.81. The Balaban J connectivity index is 2.37. The lowest BCUT2D eigenvalue weighted by atomic mass is 9.81. The van der Waals surface area contributed by atoms with Gasteiger partial charge in [0.1, 0.15) is 0 Å². The van der Waals surface area contributed by atoms with Crippen molar-refractivity contribution in [1.82, 2.24) is 0 Å². The number of ether oxygens (including phenoxy) is 1. The smallest absolute Gasteiger partial charge is 0.169 e. The largest absolute Gasteiger partial charge is 0.374 e. The molecule has 0 aliphatic carbocycles. The summed E-state index contributed by atoms with van der Waals surface area (Å²) in [6.45, 7) is 10.5. The van der Waals surface area contributed by atoms with Crippen LogP contribution in [-0.2, 0) is 17.6 Å². The van der Waals surface area contributed by atoms with E-state index in [-0.39, 0.29) is 29.8 Å². The van der Waals surface area contributed by atoms with Crippen LogP contribution in [0.15, 0.2) is 18.2 Å². The second-order valence-electron chi connectivity index (χ2n) is 5.99. The molecule has 0 bridgehead atoms. The molecule has 1 aliphatic rings. The summed E-state index contributed by atoms with van der Waals surface area (Å²) in [7, 11) is 0. The molecule has 0 radical (unpaired) electrons. The van der Waals surface area contributed by atoms with Gasteiger partial charge in [-0.25, -0.2) is 0 Å². The molecule has 0 aromatic heterocycles. The Morgan fingerprint density at radius 3 is 2.30 bits per heavy atom. The average molecular weight is 274 g/mol. The van der Waals surface area contributed by atoms with E-state index in [1.165, 1.54) is 5.56 Å². The van der Waals surface area contributed by atoms with Gasteiger partial charge in [-0.1, -0.05) is 32.9 Å². The van der Waals surface area contributed by atoms with Crippen LogP contribution in [-0.4, -0.2) is 18.0 Å². The van der Waals surface area contributed by atoms with Crippen molar-refractivity contribution in [3.63, 3.8) is 0 Å². The van der Waals surface area contributed by atoms with Crippen LogP contribution in [0.3, 0.4) is 0 Å². The number of hydrogen-bond acceptors (Lipinski definition) is 2. The van der Waals surface area contributed by atoms with Gasteiger partial charge in [0.15, 0.2) is 5.78 Å². The normalized spacial score (nSPS) is 29.6. The molecule has 1 aromatic carbocycles. The molecule has 1 aromatic rings. The van der Waals surface area contributed by atoms with E-state index < -0.39 is 0 Å². The molecule has 2 rings (SSSR count). The van der Waals surface area contributed by atoms with Crippen LogP contribution in [0.2, 0.25) is 0 Å². The Labute approximate surface area is 122 Å². The Kier molecular flexibility index (Phi) is 4.64. The molecule has 4 atom stereocenters. The molecule has 2 heteroatoms. The van der Waals surface area contributed by atoms with Crippen LogP contribution >= 0.6 is 0 Å². The van der Waals surface area contributed by atoms with Crippen molar-refractivity contribution in [3.8, 4) is 0 Å². The predicted octanol–water partition coefficient (Wildman–Crippen LogP) is 4.05. The number of benzene rings is 1. The van der Waals surface area contributed by atoms with Crippen molar-refractivity contribution >= 4 is 5.78 Å². The maximum Gasteiger partial charge on any atom is 0.169 e. The lowest BCUT2D eigenvalue weighted by Crippen LogP contribution is -2.27. The van der Waals surface area contributed by atoms with E-state index in [2.05, 4.69) is 45.9 Å². The first-order chi connectivity index (χ1) is 9.49. The van der Waals surface area contributed by atoms with E-state index in [0.29, 0.717) is 0 Å². The molecule has 4 unspecified atom stereocenters. The van der Waals surface area contributed by atoms with Crippen LogP contribution in [0.1, 0.15) is 56.1 Å². The average Bonchev–Trinajstić information content (AvgIpc) is 2.70. The van der Waals surface area contributed by atoms with Gasteiger partial charge in [-0.2, -0.15) is 0 Å². The molecule has 0 saturated carbocycles. The molecule has 1 heterocycles. The molecule has 110 valence electrons. The second-order valence-corrected chi connectivity index (χ2v) is 5.99. The quantitative estimate of drug-likeness (QED) is 0.774. The van der Waals surface area contributed by atoms with Gasteiger partial charge in [-0.05, 0) is 49.8 Å². The topological polar surface area (TPSA) is 26.3 Å². The zero-order valence-electron chi connectivity index (χ0n) is 13.3. The number of carbonyl (C=O) groups is 1. The molecular weight excluding hydrogens is 248 g/mol. The zero-order valence-corrected chi connectivity index (χ0v) is 13.3. The highest BCUT2D eigenvalue weighted by Crippen LogP contribution is 2.35. The van der Waals surface area contributed by atoms with Crippen LogP contribution in [0.5, 0.6) is 0 Å². The fraction of sp³-hybridized carbons (Fsp3) is 0.611. The first kappa shape index (κ1) is 15.2. The van der Waals surface area contributed by atoms with Gasteiger partial charge in [0.05, 0.1) is 18.1 Å². The Hall–Kier alpha value is -1.15. The molecule has 20 heavy (non-hydrogen) atoms. The summed E-state index contributed by atoms with van der Waals surface area (Å²) in [6, 6.07) is 6.33. The highest BCUT2D eigenvalue weighted by atomic mass is 16.5. The van der Waals surface area contributed by atoms with E-state index >= 15 is 0 Å². The fourth-order valence-corrected chi connectivity index (χ4v) is 3.28. The fourth-order valence-electron chi connectivity index (χ4n) is 3.28. The third-order valence-corrected chi connectivity index (χ3v) is 4.77. The first-order valence-electron chi connectivity index (χ1n) is 7.81. The Morgan fingerprint density at radius 2 is 1.80 bits per heavy atom. The van der Waals surface area contributed by atoms with Gasteiger partial charge in [-0.15, -0.1) is 0 Å². The van der Waals surface area contributed by atoms with E-state index in [0.717, 1.165) is 24.0 Å². The predicted molar refractivity (Wildman–Crippen MR) is 82.2 cm³/mol. The summed E-state index contributed by atoms with van der Waals surface area (Å²) in [5, 5.41) is 0. The summed E-state index contributed by atoms with van der Waals surface area (Å²) < 4.78 is 5.84. The standard InChI is InChI=1S/C18H26O2/c1-6-14-8-9-15(7-2)16(10-14)18(19)17-11(3)12(4)20-13(17)5/h8-13,17H,6-7H2,1-5H3. The highest BCUT2D eigenvalue weighted by Gasteiger charge is 2.42. The van der Waals surface area contributed by atoms with Crippen molar-refractivity contribution in [3.05, 3.63) is 34.9 Å². The summed E-state index contributed by atoms with van der Waals surface area (Å²) in [6.07, 6.45) is 2.05. The molecule has 1 fully saturated rings. The molecule has 0 N–H and O–H groups in total.